The molecule has 5 N–H and O–H groups in total. The summed E-state index contributed by atoms with van der Waals surface area (Å²) >= 11 is 6.66. The van der Waals surface area contributed by atoms with Gasteiger partial charge in [0.15, 0.2) is 23.2 Å². The molecule has 2 aromatic heterocycles. The highest BCUT2D eigenvalue weighted by Gasteiger charge is 2.57. The van der Waals surface area contributed by atoms with Gasteiger partial charge in [-0.2, -0.15) is 15.1 Å². The number of ether oxygens (including phenoxy) is 2. The maximum Gasteiger partial charge on any atom is 0.459 e. The lowest BCUT2D eigenvalue weighted by Crippen LogP contribution is -2.44. The lowest BCUT2D eigenvalue weighted by molar-refractivity contribution is -0.149. The molecule has 43 heavy (non-hydrogen) atoms. The van der Waals surface area contributed by atoms with Gasteiger partial charge in [0.2, 0.25) is 5.95 Å². The molecule has 5 rings (SSSR count). The van der Waals surface area contributed by atoms with E-state index in [9.17, 15) is 18.9 Å². The quantitative estimate of drug-likeness (QED) is 0.121. The number of aliphatic hydroxyl groups is 1. The fourth-order valence-corrected chi connectivity index (χ4v) is 6.31. The van der Waals surface area contributed by atoms with Crippen molar-refractivity contribution in [2.24, 2.45) is 0 Å². The Morgan fingerprint density at radius 3 is 2.67 bits per heavy atom. The van der Waals surface area contributed by atoms with Crippen LogP contribution in [0.5, 0.6) is 5.75 Å². The number of hydrogen-bond donors (Lipinski definition) is 4. The van der Waals surface area contributed by atoms with Crippen LogP contribution < -0.4 is 20.7 Å². The van der Waals surface area contributed by atoms with Crippen molar-refractivity contribution in [2.75, 3.05) is 24.3 Å². The molecule has 17 heteroatoms. The van der Waals surface area contributed by atoms with Gasteiger partial charge in [0.25, 0.3) is 0 Å². The molecular weight excluding hydrogens is 608 g/mol. The Morgan fingerprint density at radius 2 is 2.02 bits per heavy atom. The molecule has 1 unspecified atom stereocenters. The normalized spacial score (nSPS) is 25.9. The van der Waals surface area contributed by atoms with Crippen LogP contribution in [0.15, 0.2) is 36.7 Å². The van der Waals surface area contributed by atoms with Crippen LogP contribution >= 0.6 is 19.3 Å². The Balaban J connectivity index is 1.38. The van der Waals surface area contributed by atoms with E-state index in [0.29, 0.717) is 11.3 Å². The number of imidazole rings is 1. The first-order chi connectivity index (χ1) is 20.4. The van der Waals surface area contributed by atoms with Gasteiger partial charge in [-0.25, -0.2) is 13.9 Å². The number of aromatic nitrogens is 4. The van der Waals surface area contributed by atoms with E-state index in [4.69, 9.17) is 35.9 Å². The van der Waals surface area contributed by atoms with Crippen molar-refractivity contribution in [3.05, 3.63) is 36.7 Å². The molecule has 14 nitrogen and oxygen atoms in total. The smallest absolute Gasteiger partial charge is 0.459 e. The van der Waals surface area contributed by atoms with Crippen molar-refractivity contribution >= 4 is 48.2 Å². The van der Waals surface area contributed by atoms with Crippen molar-refractivity contribution in [3.8, 4) is 5.75 Å². The number of esters is 1. The monoisotopic (exact) mass is 641 g/mol. The summed E-state index contributed by atoms with van der Waals surface area (Å²) in [6, 6.07) is 7.28. The highest BCUT2D eigenvalue weighted by atomic mass is 35.5. The Kier molecular flexibility index (Phi) is 9.12. The summed E-state index contributed by atoms with van der Waals surface area (Å²) in [5, 5.41) is 16.9. The second-order valence-electron chi connectivity index (χ2n) is 10.7. The number of nitrogens with zero attached hydrogens (tertiary/aromatic N) is 4. The molecule has 234 valence electrons. The number of carbonyl (C=O) groups excluding carboxylic acids is 1. The average molecular weight is 642 g/mol. The second kappa shape index (κ2) is 12.5. The van der Waals surface area contributed by atoms with Gasteiger partial charge in [0.1, 0.15) is 35.5 Å². The number of aliphatic hydroxyl groups excluding tert-OH is 1. The number of rotatable bonds is 13. The molecule has 0 radical (unpaired) electrons. The summed E-state index contributed by atoms with van der Waals surface area (Å²) in [5.74, 6) is -0.139. The van der Waals surface area contributed by atoms with E-state index in [1.54, 1.807) is 44.2 Å². The Hall–Kier alpha value is -3.07. The van der Waals surface area contributed by atoms with E-state index in [1.807, 2.05) is 0 Å². The molecule has 0 spiro atoms. The predicted octanol–water partition coefficient (Wildman–Crippen LogP) is 3.32. The number of nitrogen functional groups attached to an aromatic ring is 1. The number of hydrogen-bond acceptors (Lipinski definition) is 12. The summed E-state index contributed by atoms with van der Waals surface area (Å²) in [7, 11) is -4.31. The van der Waals surface area contributed by atoms with Crippen LogP contribution in [0.1, 0.15) is 39.8 Å². The highest BCUT2D eigenvalue weighted by molar-refractivity contribution is 7.52. The minimum Gasteiger partial charge on any atom is -0.462 e. The molecule has 3 heterocycles. The lowest BCUT2D eigenvalue weighted by atomic mass is 10.0. The van der Waals surface area contributed by atoms with Gasteiger partial charge in [0, 0.05) is 6.04 Å². The summed E-state index contributed by atoms with van der Waals surface area (Å²) in [6.45, 7) is 3.01. The first-order valence-corrected chi connectivity index (χ1v) is 15.7. The molecule has 1 aromatic carbocycles. The van der Waals surface area contributed by atoms with Crippen LogP contribution in [0.3, 0.4) is 0 Å². The number of para-hydroxylation sites is 1. The highest BCUT2D eigenvalue weighted by Crippen LogP contribution is 2.49. The molecule has 2 fully saturated rings. The van der Waals surface area contributed by atoms with E-state index in [0.717, 1.165) is 12.8 Å². The average Bonchev–Trinajstić information content (AvgIpc) is 3.62. The van der Waals surface area contributed by atoms with Crippen LogP contribution in [0, 0.1) is 0 Å². The van der Waals surface area contributed by atoms with E-state index in [-0.39, 0.29) is 23.4 Å². The maximum absolute atomic E-state index is 14.6. The van der Waals surface area contributed by atoms with Crippen LogP contribution in [-0.2, 0) is 23.4 Å². The van der Waals surface area contributed by atoms with Crippen LogP contribution in [-0.4, -0.2) is 79.1 Å². The van der Waals surface area contributed by atoms with Crippen molar-refractivity contribution in [2.45, 2.75) is 75.1 Å². The summed E-state index contributed by atoms with van der Waals surface area (Å²) < 4.78 is 52.3. The zero-order valence-corrected chi connectivity index (χ0v) is 25.4. The minimum absolute atomic E-state index is 0.0496. The first-order valence-electron chi connectivity index (χ1n) is 13.7. The fourth-order valence-electron chi connectivity index (χ4n) is 4.51. The molecule has 1 aliphatic carbocycles. The van der Waals surface area contributed by atoms with Gasteiger partial charge in [-0.3, -0.25) is 13.9 Å². The third-order valence-electron chi connectivity index (χ3n) is 6.81. The van der Waals surface area contributed by atoms with Gasteiger partial charge < -0.3 is 30.2 Å². The molecule has 0 amide bonds. The molecule has 1 saturated carbocycles. The lowest BCUT2D eigenvalue weighted by Gasteiger charge is -2.27. The van der Waals surface area contributed by atoms with Gasteiger partial charge in [-0.1, -0.05) is 18.2 Å². The standard InChI is InChI=1S/C26H34ClFN7O7P/c1-14(2)40-23(37)15(3)34-43(38,42-17-7-5-4-6-8-17)39-11-18-20(36)26(27,12-28)24(41-18)35-13-30-19-21(31-16-9-10-16)32-25(29)33-22(19)35/h4-8,13-16,18,20,24,36H,9-12H2,1-3H3,(H,34,38)(H3,29,31,32,33)/t15-,18-,20-,24-,26-,43?/m1/s1. The van der Waals surface area contributed by atoms with Crippen molar-refractivity contribution in [1.29, 1.82) is 0 Å². The van der Waals surface area contributed by atoms with E-state index < -0.39 is 62.5 Å². The number of benzene rings is 1. The van der Waals surface area contributed by atoms with E-state index >= 15 is 0 Å². The number of carbonyl (C=O) groups is 1. The summed E-state index contributed by atoms with van der Waals surface area (Å²) in [6.07, 6.45) is -1.37. The van der Waals surface area contributed by atoms with Crippen LogP contribution in [0.4, 0.5) is 16.2 Å². The Bertz CT molecular complexity index is 1500. The largest absolute Gasteiger partial charge is 0.462 e. The zero-order valence-electron chi connectivity index (χ0n) is 23.7. The molecule has 6 atom stereocenters. The van der Waals surface area contributed by atoms with Gasteiger partial charge in [0.05, 0.1) is 19.0 Å². The Labute approximate surface area is 252 Å². The Morgan fingerprint density at radius 1 is 1.30 bits per heavy atom. The van der Waals surface area contributed by atoms with Gasteiger partial charge >= 0.3 is 13.7 Å². The third-order valence-corrected chi connectivity index (χ3v) is 8.96. The SMILES string of the molecule is CC(C)OC(=O)[C@@H](C)NP(=O)(OC[C@H]1O[C@@H](n2cnc3c(NC4CC4)nc(N)nc32)[C@@](Cl)(CF)[C@@H]1O)Oc1ccccc1. The molecule has 3 aromatic rings. The zero-order chi connectivity index (χ0) is 30.9. The molecule has 2 aliphatic rings. The van der Waals surface area contributed by atoms with Gasteiger partial charge in [-0.15, -0.1) is 11.6 Å². The van der Waals surface area contributed by atoms with E-state index in [2.05, 4.69) is 25.4 Å². The number of halogens is 2. The minimum atomic E-state index is -4.31. The number of anilines is 2. The third kappa shape index (κ3) is 6.87. The van der Waals surface area contributed by atoms with Gasteiger partial charge in [-0.05, 0) is 45.7 Å². The summed E-state index contributed by atoms with van der Waals surface area (Å²) in [4.78, 5) is 23.3. The fraction of sp³-hybridized carbons (Fsp3) is 0.538. The molecule has 1 aliphatic heterocycles. The molecular formula is C26H34ClFN7O7P. The van der Waals surface area contributed by atoms with E-state index in [1.165, 1.54) is 17.8 Å². The summed E-state index contributed by atoms with van der Waals surface area (Å²) in [5.41, 5.74) is 6.52. The number of nitrogens with one attached hydrogen (secondary N) is 2. The molecule has 0 bridgehead atoms. The maximum atomic E-state index is 14.6. The van der Waals surface area contributed by atoms with Crippen molar-refractivity contribution < 1.29 is 37.4 Å². The topological polar surface area (TPSA) is 185 Å². The number of fused-ring (bicyclic) bond motifs is 1. The predicted molar refractivity (Wildman–Crippen MR) is 155 cm³/mol. The second-order valence-corrected chi connectivity index (χ2v) is 13.1. The van der Waals surface area contributed by atoms with Crippen molar-refractivity contribution in [3.63, 3.8) is 0 Å². The van der Waals surface area contributed by atoms with Crippen LogP contribution in [0.2, 0.25) is 0 Å². The first kappa shape index (κ1) is 31.4. The molecule has 1 saturated heterocycles. The van der Waals surface area contributed by atoms with Crippen LogP contribution in [0.25, 0.3) is 11.2 Å². The van der Waals surface area contributed by atoms with Crippen molar-refractivity contribution in [1.82, 2.24) is 24.6 Å². The number of alkyl halides is 2. The number of nitrogens with two attached hydrogens (primary N) is 1.